The molecular formula is C17H24N4. The molecular weight excluding hydrogens is 260 g/mol. The summed E-state index contributed by atoms with van der Waals surface area (Å²) >= 11 is 0. The van der Waals surface area contributed by atoms with Crippen molar-refractivity contribution in [2.75, 3.05) is 0 Å². The van der Waals surface area contributed by atoms with Gasteiger partial charge >= 0.3 is 0 Å². The summed E-state index contributed by atoms with van der Waals surface area (Å²) in [5.41, 5.74) is 2.46. The first kappa shape index (κ1) is 14.3. The van der Waals surface area contributed by atoms with Gasteiger partial charge in [-0.1, -0.05) is 20.8 Å². The predicted octanol–water partition coefficient (Wildman–Crippen LogP) is 3.13. The van der Waals surface area contributed by atoms with Crippen molar-refractivity contribution < 1.29 is 0 Å². The van der Waals surface area contributed by atoms with E-state index < -0.39 is 0 Å². The smallest absolute Gasteiger partial charge is 0.138 e. The Morgan fingerprint density at radius 2 is 2.05 bits per heavy atom. The summed E-state index contributed by atoms with van der Waals surface area (Å²) in [6.07, 6.45) is 6.42. The van der Waals surface area contributed by atoms with Crippen molar-refractivity contribution in [1.29, 1.82) is 0 Å². The number of aromatic nitrogens is 3. The van der Waals surface area contributed by atoms with Crippen molar-refractivity contribution in [2.24, 2.45) is 0 Å². The van der Waals surface area contributed by atoms with Crippen LogP contribution in [0, 0.1) is 6.92 Å². The van der Waals surface area contributed by atoms with Crippen molar-refractivity contribution in [1.82, 2.24) is 19.9 Å². The van der Waals surface area contributed by atoms with Crippen molar-refractivity contribution in [3.8, 4) is 5.82 Å². The minimum Gasteiger partial charge on any atom is -0.310 e. The number of nitrogens with one attached hydrogen (secondary N) is 1. The molecule has 1 fully saturated rings. The van der Waals surface area contributed by atoms with Gasteiger partial charge in [-0.05, 0) is 37.5 Å². The monoisotopic (exact) mass is 284 g/mol. The molecule has 4 nitrogen and oxygen atoms in total. The molecule has 0 aromatic carbocycles. The fourth-order valence-corrected chi connectivity index (χ4v) is 2.35. The molecule has 4 heteroatoms. The number of rotatable bonds is 4. The SMILES string of the molecule is Cc1nccn1-c1cc(CNC2CC2)cc(C(C)(C)C)n1. The van der Waals surface area contributed by atoms with E-state index in [9.17, 15) is 0 Å². The molecule has 2 aromatic rings. The fraction of sp³-hybridized carbons (Fsp3) is 0.529. The van der Waals surface area contributed by atoms with Gasteiger partial charge in [0.1, 0.15) is 11.6 Å². The molecule has 21 heavy (non-hydrogen) atoms. The van der Waals surface area contributed by atoms with Gasteiger partial charge in [0.05, 0.1) is 0 Å². The minimum atomic E-state index is 0.0405. The van der Waals surface area contributed by atoms with Gasteiger partial charge in [-0.25, -0.2) is 9.97 Å². The van der Waals surface area contributed by atoms with E-state index in [0.29, 0.717) is 0 Å². The molecule has 1 N–H and O–H groups in total. The maximum atomic E-state index is 4.85. The summed E-state index contributed by atoms with van der Waals surface area (Å²) in [6.45, 7) is 9.54. The Morgan fingerprint density at radius 1 is 1.29 bits per heavy atom. The number of imidazole rings is 1. The minimum absolute atomic E-state index is 0.0405. The summed E-state index contributed by atoms with van der Waals surface area (Å²) in [5.74, 6) is 1.93. The van der Waals surface area contributed by atoms with Gasteiger partial charge in [0, 0.05) is 36.1 Å². The van der Waals surface area contributed by atoms with Gasteiger partial charge < -0.3 is 5.32 Å². The van der Waals surface area contributed by atoms with Crippen LogP contribution in [0.4, 0.5) is 0 Å². The van der Waals surface area contributed by atoms with Gasteiger partial charge in [-0.3, -0.25) is 4.57 Å². The van der Waals surface area contributed by atoms with Crippen molar-refractivity contribution in [3.63, 3.8) is 0 Å². The first-order valence-electron chi connectivity index (χ1n) is 7.68. The summed E-state index contributed by atoms with van der Waals surface area (Å²) < 4.78 is 2.05. The second-order valence-electron chi connectivity index (χ2n) is 6.97. The molecule has 112 valence electrons. The number of hydrogen-bond acceptors (Lipinski definition) is 3. The van der Waals surface area contributed by atoms with Crippen LogP contribution in [0.3, 0.4) is 0 Å². The Bertz CT molecular complexity index is 632. The highest BCUT2D eigenvalue weighted by Crippen LogP contribution is 2.24. The lowest BCUT2D eigenvalue weighted by molar-refractivity contribution is 0.564. The Labute approximate surface area is 126 Å². The van der Waals surface area contributed by atoms with Crippen molar-refractivity contribution in [2.45, 2.75) is 58.5 Å². The third-order valence-corrected chi connectivity index (χ3v) is 3.88. The van der Waals surface area contributed by atoms with Crippen molar-refractivity contribution >= 4 is 0 Å². The van der Waals surface area contributed by atoms with Gasteiger partial charge in [-0.2, -0.15) is 0 Å². The van der Waals surface area contributed by atoms with E-state index in [2.05, 4.69) is 47.8 Å². The Hall–Kier alpha value is -1.68. The lowest BCUT2D eigenvalue weighted by Gasteiger charge is -2.20. The van der Waals surface area contributed by atoms with Crippen molar-refractivity contribution in [3.05, 3.63) is 41.6 Å². The van der Waals surface area contributed by atoms with Crippen LogP contribution < -0.4 is 5.32 Å². The zero-order chi connectivity index (χ0) is 15.0. The highest BCUT2D eigenvalue weighted by atomic mass is 15.1. The summed E-state index contributed by atoms with van der Waals surface area (Å²) in [7, 11) is 0. The third-order valence-electron chi connectivity index (χ3n) is 3.88. The lowest BCUT2D eigenvalue weighted by atomic mass is 9.90. The summed E-state index contributed by atoms with van der Waals surface area (Å²) in [4.78, 5) is 9.15. The standard InChI is InChI=1S/C17H24N4/c1-12-18-7-8-21(12)16-10-13(11-19-14-5-6-14)9-15(20-16)17(2,3)4/h7-10,14,19H,5-6,11H2,1-4H3. The Morgan fingerprint density at radius 3 is 2.62 bits per heavy atom. The van der Waals surface area contributed by atoms with Crippen LogP contribution in [0.25, 0.3) is 5.82 Å². The average molecular weight is 284 g/mol. The van der Waals surface area contributed by atoms with Crippen LogP contribution in [-0.4, -0.2) is 20.6 Å². The number of aryl methyl sites for hydroxylation is 1. The molecule has 1 aliphatic rings. The van der Waals surface area contributed by atoms with Crippen LogP contribution in [0.2, 0.25) is 0 Å². The quantitative estimate of drug-likeness (QED) is 0.938. The van der Waals surface area contributed by atoms with Crippen LogP contribution >= 0.6 is 0 Å². The topological polar surface area (TPSA) is 42.7 Å². The highest BCUT2D eigenvalue weighted by molar-refractivity contribution is 5.34. The number of pyridine rings is 1. The maximum Gasteiger partial charge on any atom is 0.138 e. The average Bonchev–Trinajstić information content (AvgIpc) is 3.16. The molecule has 0 atom stereocenters. The van der Waals surface area contributed by atoms with E-state index in [1.807, 2.05) is 19.3 Å². The Kier molecular flexibility index (Phi) is 3.57. The van der Waals surface area contributed by atoms with Gasteiger partial charge in [0.15, 0.2) is 0 Å². The molecule has 0 bridgehead atoms. The predicted molar refractivity (Wildman–Crippen MR) is 84.7 cm³/mol. The second kappa shape index (κ2) is 5.26. The van der Waals surface area contributed by atoms with E-state index >= 15 is 0 Å². The van der Waals surface area contributed by atoms with Gasteiger partial charge in [0.25, 0.3) is 0 Å². The van der Waals surface area contributed by atoms with Crippen LogP contribution in [0.15, 0.2) is 24.5 Å². The number of hydrogen-bond donors (Lipinski definition) is 1. The van der Waals surface area contributed by atoms with E-state index in [1.165, 1.54) is 18.4 Å². The molecule has 0 saturated heterocycles. The first-order chi connectivity index (χ1) is 9.93. The van der Waals surface area contributed by atoms with Crippen LogP contribution in [0.5, 0.6) is 0 Å². The molecule has 2 aromatic heterocycles. The molecule has 3 rings (SSSR count). The van der Waals surface area contributed by atoms with E-state index in [0.717, 1.165) is 29.9 Å². The van der Waals surface area contributed by atoms with E-state index in [-0.39, 0.29) is 5.41 Å². The molecule has 1 aliphatic carbocycles. The van der Waals surface area contributed by atoms with Gasteiger partial charge in [-0.15, -0.1) is 0 Å². The zero-order valence-electron chi connectivity index (χ0n) is 13.3. The van der Waals surface area contributed by atoms with Gasteiger partial charge in [0.2, 0.25) is 0 Å². The third kappa shape index (κ3) is 3.32. The zero-order valence-corrected chi connectivity index (χ0v) is 13.3. The van der Waals surface area contributed by atoms with E-state index in [1.54, 1.807) is 0 Å². The highest BCUT2D eigenvalue weighted by Gasteiger charge is 2.21. The molecule has 1 saturated carbocycles. The largest absolute Gasteiger partial charge is 0.310 e. The molecule has 0 radical (unpaired) electrons. The Balaban J connectivity index is 1.97. The summed E-state index contributed by atoms with van der Waals surface area (Å²) in [5, 5.41) is 3.59. The second-order valence-corrected chi connectivity index (χ2v) is 6.97. The fourth-order valence-electron chi connectivity index (χ4n) is 2.35. The van der Waals surface area contributed by atoms with Crippen LogP contribution in [0.1, 0.15) is 50.7 Å². The molecule has 0 spiro atoms. The number of nitrogens with zero attached hydrogens (tertiary/aromatic N) is 3. The molecule has 0 amide bonds. The molecule has 0 unspecified atom stereocenters. The molecule has 0 aliphatic heterocycles. The first-order valence-corrected chi connectivity index (χ1v) is 7.68. The van der Waals surface area contributed by atoms with Crippen LogP contribution in [-0.2, 0) is 12.0 Å². The lowest BCUT2D eigenvalue weighted by Crippen LogP contribution is -2.19. The van der Waals surface area contributed by atoms with E-state index in [4.69, 9.17) is 4.98 Å². The molecule has 2 heterocycles. The maximum absolute atomic E-state index is 4.85. The summed E-state index contributed by atoms with van der Waals surface area (Å²) in [6, 6.07) is 5.11. The normalized spacial score (nSPS) is 15.4.